The molecule has 3 fully saturated rings. The lowest BCUT2D eigenvalue weighted by Crippen LogP contribution is -2.60. The van der Waals surface area contributed by atoms with Gasteiger partial charge in [0.1, 0.15) is 17.7 Å². The predicted octanol–water partition coefficient (Wildman–Crippen LogP) is 5.06. The lowest BCUT2D eigenvalue weighted by Gasteiger charge is -2.49. The number of H-pyrrole nitrogens is 1. The third-order valence-corrected chi connectivity index (χ3v) is 14.0. The largest absolute Gasteiger partial charge is 0.371 e. The summed E-state index contributed by atoms with van der Waals surface area (Å²) in [6, 6.07) is 8.64. The van der Waals surface area contributed by atoms with Gasteiger partial charge in [0.2, 0.25) is 11.8 Å². The van der Waals surface area contributed by atoms with Crippen LogP contribution in [0.25, 0.3) is 10.9 Å². The van der Waals surface area contributed by atoms with Crippen molar-refractivity contribution in [1.82, 2.24) is 30.2 Å². The molecule has 2 N–H and O–H groups in total. The number of anilines is 3. The number of carbonyl (C=O) groups excluding carboxylic acids is 3. The minimum absolute atomic E-state index is 0.170. The summed E-state index contributed by atoms with van der Waals surface area (Å²) < 4.78 is 60.5. The molecule has 10 rings (SSSR count). The highest BCUT2D eigenvalue weighted by atomic mass is 19.3. The molecule has 7 heterocycles. The molecule has 3 amide bonds. The molecule has 1 unspecified atom stereocenters. The molecule has 0 aliphatic carbocycles. The first-order valence-corrected chi connectivity index (χ1v) is 21.2. The fourth-order valence-electron chi connectivity index (χ4n) is 11.0. The number of rotatable bonds is 7. The Hall–Kier alpha value is -5.22. The Bertz CT molecular complexity index is 2360. The smallest absolute Gasteiger partial charge is 0.255 e. The first kappa shape index (κ1) is 38.9. The zero-order chi connectivity index (χ0) is 41.6. The van der Waals surface area contributed by atoms with Gasteiger partial charge in [0.25, 0.3) is 12.3 Å². The molecule has 16 heteroatoms. The van der Waals surface area contributed by atoms with Gasteiger partial charge >= 0.3 is 0 Å². The number of fused-ring (bicyclic) bond motifs is 7. The number of piperazine rings is 1. The fraction of sp³-hybridized carbons (Fsp3) is 0.500. The average molecular weight is 828 g/mol. The average Bonchev–Trinajstić information content (AvgIpc) is 3.82. The van der Waals surface area contributed by atoms with Gasteiger partial charge in [0.05, 0.1) is 41.7 Å². The molecule has 4 atom stereocenters. The third kappa shape index (κ3) is 6.66. The van der Waals surface area contributed by atoms with Crippen LogP contribution in [-0.2, 0) is 22.6 Å². The molecule has 0 spiro atoms. The number of alkyl halides is 2. The van der Waals surface area contributed by atoms with Gasteiger partial charge in [-0.15, -0.1) is 0 Å². The molecular weight excluding hydrogens is 779 g/mol. The number of nitrogens with one attached hydrogen (secondary N) is 2. The van der Waals surface area contributed by atoms with E-state index in [9.17, 15) is 23.2 Å². The number of amides is 3. The lowest BCUT2D eigenvalue weighted by molar-refractivity contribution is -0.136. The molecule has 3 aromatic carbocycles. The van der Waals surface area contributed by atoms with E-state index in [1.165, 1.54) is 17.0 Å². The monoisotopic (exact) mass is 827 g/mol. The van der Waals surface area contributed by atoms with Gasteiger partial charge in [-0.1, -0.05) is 6.07 Å². The summed E-state index contributed by atoms with van der Waals surface area (Å²) in [7, 11) is 2.05. The number of halogens is 4. The Morgan fingerprint density at radius 1 is 0.917 bits per heavy atom. The molecule has 0 saturated carbocycles. The minimum Gasteiger partial charge on any atom is -0.371 e. The number of piperidine rings is 2. The lowest BCUT2D eigenvalue weighted by atomic mass is 9.83. The van der Waals surface area contributed by atoms with Crippen molar-refractivity contribution in [3.8, 4) is 0 Å². The summed E-state index contributed by atoms with van der Waals surface area (Å²) in [5, 5.41) is 10.3. The second kappa shape index (κ2) is 15.0. The Morgan fingerprint density at radius 2 is 1.70 bits per heavy atom. The van der Waals surface area contributed by atoms with Crippen LogP contribution in [0.15, 0.2) is 42.6 Å². The zero-order valence-electron chi connectivity index (χ0n) is 33.8. The maximum Gasteiger partial charge on any atom is 0.255 e. The predicted molar refractivity (Wildman–Crippen MR) is 218 cm³/mol. The third-order valence-electron chi connectivity index (χ3n) is 14.0. The number of benzene rings is 3. The fourth-order valence-corrected chi connectivity index (χ4v) is 11.0. The van der Waals surface area contributed by atoms with Gasteiger partial charge in [-0.05, 0) is 85.5 Å². The van der Waals surface area contributed by atoms with Crippen LogP contribution in [0.2, 0.25) is 0 Å². The van der Waals surface area contributed by atoms with Crippen LogP contribution in [0, 0.1) is 17.6 Å². The highest BCUT2D eigenvalue weighted by Crippen LogP contribution is 2.44. The number of aromatic nitrogens is 2. The van der Waals surface area contributed by atoms with E-state index < -0.39 is 42.6 Å². The molecule has 316 valence electrons. The van der Waals surface area contributed by atoms with Crippen molar-refractivity contribution in [3.05, 3.63) is 82.0 Å². The molecular formula is C44H49F4N9O3. The van der Waals surface area contributed by atoms with E-state index in [2.05, 4.69) is 43.3 Å². The first-order chi connectivity index (χ1) is 28.9. The van der Waals surface area contributed by atoms with Crippen molar-refractivity contribution >= 4 is 45.7 Å². The molecule has 6 aliphatic heterocycles. The van der Waals surface area contributed by atoms with Crippen molar-refractivity contribution in [2.24, 2.45) is 5.92 Å². The van der Waals surface area contributed by atoms with Crippen molar-refractivity contribution < 1.29 is 31.9 Å². The molecule has 6 aliphatic rings. The number of nitrogens with zero attached hydrogens (tertiary/aromatic N) is 7. The Labute approximate surface area is 345 Å². The minimum atomic E-state index is -2.67. The molecule has 3 saturated heterocycles. The topological polar surface area (TPSA) is 111 Å². The maximum absolute atomic E-state index is 16.3. The molecule has 60 heavy (non-hydrogen) atoms. The Balaban J connectivity index is 0.795. The summed E-state index contributed by atoms with van der Waals surface area (Å²) >= 11 is 0. The SMILES string of the molecule is C[C@@H]1Cc2c(ccc3[nH]ncc23)[C@@H](c2c(F)cc(N3CCC(CN4CCN5c6cc7c(cc6N(C)C[C@@H]5C4)C(=O)N(C4CCC(=O)NC4=O)C7)CC3)cc2F)N1CC(F)F. The number of likely N-dealkylation sites (N-methyl/N-ethyl adjacent to an activating group) is 1. The highest BCUT2D eigenvalue weighted by Gasteiger charge is 2.43. The van der Waals surface area contributed by atoms with E-state index in [4.69, 9.17) is 0 Å². The van der Waals surface area contributed by atoms with Gasteiger partial charge < -0.3 is 19.6 Å². The van der Waals surface area contributed by atoms with E-state index in [0.29, 0.717) is 55.2 Å². The summed E-state index contributed by atoms with van der Waals surface area (Å²) in [5.41, 5.74) is 6.18. The Morgan fingerprint density at radius 3 is 2.45 bits per heavy atom. The second-order valence-corrected chi connectivity index (χ2v) is 17.6. The highest BCUT2D eigenvalue weighted by molar-refractivity contribution is 6.06. The van der Waals surface area contributed by atoms with Crippen LogP contribution >= 0.6 is 0 Å². The van der Waals surface area contributed by atoms with Gasteiger partial charge in [0, 0.05) is 94.1 Å². The normalized spacial score (nSPS) is 25.2. The van der Waals surface area contributed by atoms with Gasteiger partial charge in [-0.2, -0.15) is 5.10 Å². The summed E-state index contributed by atoms with van der Waals surface area (Å²) in [6.07, 6.45) is 1.78. The van der Waals surface area contributed by atoms with Crippen molar-refractivity contribution in [2.45, 2.75) is 76.2 Å². The number of hydrogen-bond donors (Lipinski definition) is 2. The van der Waals surface area contributed by atoms with Gasteiger partial charge in [0.15, 0.2) is 0 Å². The van der Waals surface area contributed by atoms with E-state index in [1.807, 2.05) is 17.9 Å². The van der Waals surface area contributed by atoms with Gasteiger partial charge in [-0.3, -0.25) is 34.6 Å². The van der Waals surface area contributed by atoms with Crippen LogP contribution in [0.3, 0.4) is 0 Å². The quantitative estimate of drug-likeness (QED) is 0.195. The van der Waals surface area contributed by atoms with Crippen LogP contribution in [0.1, 0.15) is 71.3 Å². The number of aromatic amines is 1. The summed E-state index contributed by atoms with van der Waals surface area (Å²) in [5.74, 6) is -1.93. The maximum atomic E-state index is 16.3. The first-order valence-electron chi connectivity index (χ1n) is 21.2. The molecule has 4 aromatic rings. The molecule has 1 aromatic heterocycles. The van der Waals surface area contributed by atoms with Gasteiger partial charge in [-0.25, -0.2) is 17.6 Å². The molecule has 0 bridgehead atoms. The van der Waals surface area contributed by atoms with Crippen LogP contribution in [0.4, 0.5) is 34.6 Å². The number of imide groups is 1. The van der Waals surface area contributed by atoms with E-state index in [-0.39, 0.29) is 35.9 Å². The molecule has 0 radical (unpaired) electrons. The summed E-state index contributed by atoms with van der Waals surface area (Å²) in [6.45, 7) is 7.22. The van der Waals surface area contributed by atoms with Crippen LogP contribution < -0.4 is 20.0 Å². The van der Waals surface area contributed by atoms with E-state index in [1.54, 1.807) is 23.2 Å². The van der Waals surface area contributed by atoms with Crippen molar-refractivity contribution in [2.75, 3.05) is 74.1 Å². The second-order valence-electron chi connectivity index (χ2n) is 17.6. The molecule has 12 nitrogen and oxygen atoms in total. The standard InChI is InChI=1S/C44H49F4N9O3/c1-24-13-31-29(3-4-35-32(31)18-49-51-35)42(56(24)23-39(47)48)41-33(45)15-27(16-34(41)46)54-9-7-25(8-10-54)19-53-11-12-55-28(22-53)21-52(2)37-17-30-26(14-38(37)55)20-57(44(30)60)36-5-6-40(58)50-43(36)59/h3-4,14-18,24-25,28,36,39,42H,5-13,19-23H2,1-2H3,(H,49,51)(H,50,58,59)/t24-,28-,36?,42+/m1/s1. The summed E-state index contributed by atoms with van der Waals surface area (Å²) in [4.78, 5) is 50.2. The Kier molecular flexibility index (Phi) is 9.77. The van der Waals surface area contributed by atoms with Crippen LogP contribution in [-0.4, -0.2) is 127 Å². The van der Waals surface area contributed by atoms with E-state index in [0.717, 1.165) is 79.0 Å². The van der Waals surface area contributed by atoms with Crippen molar-refractivity contribution in [3.63, 3.8) is 0 Å². The number of carbonyl (C=O) groups is 3. The zero-order valence-corrected chi connectivity index (χ0v) is 33.8. The van der Waals surface area contributed by atoms with Crippen LogP contribution in [0.5, 0.6) is 0 Å². The van der Waals surface area contributed by atoms with Crippen molar-refractivity contribution in [1.29, 1.82) is 0 Å². The van der Waals surface area contributed by atoms with E-state index >= 15 is 8.78 Å². The number of hydrogen-bond acceptors (Lipinski definition) is 9.